The highest BCUT2D eigenvalue weighted by atomic mass is 16.6. The highest BCUT2D eigenvalue weighted by molar-refractivity contribution is 5.86. The van der Waals surface area contributed by atoms with Crippen molar-refractivity contribution in [3.05, 3.63) is 83.6 Å². The van der Waals surface area contributed by atoms with Crippen molar-refractivity contribution < 1.29 is 33.3 Å². The fourth-order valence-electron chi connectivity index (χ4n) is 3.99. The van der Waals surface area contributed by atoms with Crippen LogP contribution in [-0.4, -0.2) is 48.7 Å². The first kappa shape index (κ1) is 22.4. The van der Waals surface area contributed by atoms with Crippen molar-refractivity contribution in [2.45, 2.75) is 37.7 Å². The van der Waals surface area contributed by atoms with E-state index in [1.54, 1.807) is 24.3 Å². The summed E-state index contributed by atoms with van der Waals surface area (Å²) in [4.78, 5) is 39.1. The van der Waals surface area contributed by atoms with Crippen LogP contribution in [0.5, 0.6) is 0 Å². The number of ether oxygens (including phenoxy) is 4. The minimum absolute atomic E-state index is 0.116. The minimum Gasteiger partial charge on any atom is -0.497 e. The molecule has 0 aromatic heterocycles. The zero-order valence-corrected chi connectivity index (χ0v) is 18.2. The zero-order valence-electron chi connectivity index (χ0n) is 18.2. The van der Waals surface area contributed by atoms with Crippen LogP contribution in [0.3, 0.4) is 0 Å². The topological polar surface area (TPSA) is 91.4 Å². The van der Waals surface area contributed by atoms with Crippen LogP contribution in [0.4, 0.5) is 4.79 Å². The van der Waals surface area contributed by atoms with E-state index in [0.29, 0.717) is 24.9 Å². The first-order valence-electron chi connectivity index (χ1n) is 10.8. The van der Waals surface area contributed by atoms with Crippen molar-refractivity contribution >= 4 is 18.0 Å². The third kappa shape index (κ3) is 5.16. The number of benzene rings is 2. The first-order chi connectivity index (χ1) is 16.1. The van der Waals surface area contributed by atoms with Gasteiger partial charge in [0.2, 0.25) is 0 Å². The van der Waals surface area contributed by atoms with Crippen molar-refractivity contribution in [2.75, 3.05) is 13.7 Å². The van der Waals surface area contributed by atoms with Gasteiger partial charge in [-0.15, -0.1) is 0 Å². The van der Waals surface area contributed by atoms with Gasteiger partial charge in [0.1, 0.15) is 18.4 Å². The van der Waals surface area contributed by atoms with Crippen LogP contribution < -0.4 is 0 Å². The Morgan fingerprint density at radius 3 is 2.48 bits per heavy atom. The van der Waals surface area contributed by atoms with E-state index in [0.717, 1.165) is 5.56 Å². The maximum absolute atomic E-state index is 13.2. The van der Waals surface area contributed by atoms with Gasteiger partial charge in [-0.3, -0.25) is 4.90 Å². The molecule has 0 N–H and O–H groups in total. The highest BCUT2D eigenvalue weighted by Gasteiger charge is 2.42. The first-order valence-corrected chi connectivity index (χ1v) is 10.8. The maximum Gasteiger partial charge on any atom is 0.410 e. The predicted octanol–water partition coefficient (Wildman–Crippen LogP) is 3.53. The normalized spacial score (nSPS) is 20.6. The van der Waals surface area contributed by atoms with E-state index in [1.807, 2.05) is 36.4 Å². The number of esters is 2. The fraction of sp³-hybridized carbons (Fsp3) is 0.320. The van der Waals surface area contributed by atoms with E-state index in [4.69, 9.17) is 18.9 Å². The molecule has 2 unspecified atom stereocenters. The lowest BCUT2D eigenvalue weighted by molar-refractivity contribution is -0.166. The quantitative estimate of drug-likeness (QED) is 0.470. The molecule has 0 bridgehead atoms. The summed E-state index contributed by atoms with van der Waals surface area (Å²) in [6, 6.07) is 17.5. The number of likely N-dealkylation sites (tertiary alicyclic amines) is 1. The highest BCUT2D eigenvalue weighted by Crippen LogP contribution is 2.33. The second-order valence-corrected chi connectivity index (χ2v) is 7.77. The van der Waals surface area contributed by atoms with E-state index in [9.17, 15) is 14.4 Å². The molecule has 0 spiro atoms. The van der Waals surface area contributed by atoms with E-state index in [2.05, 4.69) is 0 Å². The van der Waals surface area contributed by atoms with Gasteiger partial charge < -0.3 is 18.9 Å². The number of hydrogen-bond donors (Lipinski definition) is 0. The molecule has 1 fully saturated rings. The summed E-state index contributed by atoms with van der Waals surface area (Å²) in [6.45, 7) is 0.510. The van der Waals surface area contributed by atoms with E-state index >= 15 is 0 Å². The Morgan fingerprint density at radius 1 is 1.09 bits per heavy atom. The standard InChI is InChI=1S/C25H25NO7/c1-30-20-15-21(27)32-23(20)22(18-11-6-3-7-12-18)33-24(28)19-13-8-14-26(19)25(29)31-16-17-9-4-2-5-10-17/h2-7,9-12,15,19,22-23H,8,13-14,16H2,1H3/t19-,22?,23?/m0/s1. The van der Waals surface area contributed by atoms with Gasteiger partial charge in [0.15, 0.2) is 12.2 Å². The van der Waals surface area contributed by atoms with Gasteiger partial charge in [0.05, 0.1) is 13.2 Å². The summed E-state index contributed by atoms with van der Waals surface area (Å²) in [7, 11) is 1.42. The number of carbonyl (C=O) groups excluding carboxylic acids is 3. The molecule has 2 heterocycles. The Balaban J connectivity index is 1.47. The van der Waals surface area contributed by atoms with Crippen LogP contribution in [0.2, 0.25) is 0 Å². The van der Waals surface area contributed by atoms with Crippen molar-refractivity contribution in [1.29, 1.82) is 0 Å². The lowest BCUT2D eigenvalue weighted by Gasteiger charge is -2.28. The van der Waals surface area contributed by atoms with Gasteiger partial charge in [-0.25, -0.2) is 14.4 Å². The summed E-state index contributed by atoms with van der Waals surface area (Å²) in [5, 5.41) is 0. The van der Waals surface area contributed by atoms with Gasteiger partial charge >= 0.3 is 18.0 Å². The number of nitrogens with zero attached hydrogens (tertiary/aromatic N) is 1. The molecule has 4 rings (SSSR count). The third-order valence-corrected chi connectivity index (χ3v) is 5.63. The Labute approximate surface area is 191 Å². The summed E-state index contributed by atoms with van der Waals surface area (Å²) in [5.41, 5.74) is 1.50. The molecule has 8 heteroatoms. The molecule has 1 saturated heterocycles. The summed E-state index contributed by atoms with van der Waals surface area (Å²) < 4.78 is 21.9. The predicted molar refractivity (Wildman–Crippen MR) is 117 cm³/mol. The van der Waals surface area contributed by atoms with Gasteiger partial charge in [0, 0.05) is 6.54 Å². The number of cyclic esters (lactones) is 1. The molecular weight excluding hydrogens is 426 g/mol. The lowest BCUT2D eigenvalue weighted by atomic mass is 10.0. The average molecular weight is 451 g/mol. The van der Waals surface area contributed by atoms with E-state index in [1.165, 1.54) is 18.1 Å². The Kier molecular flexibility index (Phi) is 6.92. The van der Waals surface area contributed by atoms with Crippen LogP contribution in [0.25, 0.3) is 0 Å². The lowest BCUT2D eigenvalue weighted by Crippen LogP contribution is -2.43. The number of rotatable bonds is 7. The van der Waals surface area contributed by atoms with E-state index in [-0.39, 0.29) is 12.4 Å². The van der Waals surface area contributed by atoms with Gasteiger partial charge in [-0.1, -0.05) is 60.7 Å². The van der Waals surface area contributed by atoms with Crippen LogP contribution in [0.15, 0.2) is 72.5 Å². The zero-order chi connectivity index (χ0) is 23.2. The number of methoxy groups -OCH3 is 1. The minimum atomic E-state index is -0.917. The molecular formula is C25H25NO7. The Hall–Kier alpha value is -3.81. The fourth-order valence-corrected chi connectivity index (χ4v) is 3.99. The monoisotopic (exact) mass is 451 g/mol. The van der Waals surface area contributed by atoms with Gasteiger partial charge in [-0.2, -0.15) is 0 Å². The molecule has 2 aliphatic rings. The van der Waals surface area contributed by atoms with Crippen molar-refractivity contribution in [3.63, 3.8) is 0 Å². The molecule has 2 aromatic rings. The summed E-state index contributed by atoms with van der Waals surface area (Å²) in [5.74, 6) is -0.885. The Bertz CT molecular complexity index is 1020. The second kappa shape index (κ2) is 10.2. The molecule has 0 saturated carbocycles. The molecule has 3 atom stereocenters. The van der Waals surface area contributed by atoms with Crippen LogP contribution in [0, 0.1) is 0 Å². The largest absolute Gasteiger partial charge is 0.497 e. The number of amides is 1. The van der Waals surface area contributed by atoms with Crippen molar-refractivity contribution in [2.24, 2.45) is 0 Å². The number of carbonyl (C=O) groups is 3. The van der Waals surface area contributed by atoms with Crippen LogP contribution in [-0.2, 0) is 35.1 Å². The molecule has 0 radical (unpaired) electrons. The summed E-state index contributed by atoms with van der Waals surface area (Å²) in [6.07, 6.45) is -0.0555. The molecule has 2 aromatic carbocycles. The molecule has 0 aliphatic carbocycles. The van der Waals surface area contributed by atoms with E-state index < -0.39 is 36.3 Å². The summed E-state index contributed by atoms with van der Waals surface area (Å²) >= 11 is 0. The smallest absolute Gasteiger partial charge is 0.410 e. The van der Waals surface area contributed by atoms with Gasteiger partial charge in [-0.05, 0) is 24.0 Å². The van der Waals surface area contributed by atoms with Crippen molar-refractivity contribution in [1.82, 2.24) is 4.90 Å². The molecule has 172 valence electrons. The number of hydrogen-bond acceptors (Lipinski definition) is 7. The average Bonchev–Trinajstić information content (AvgIpc) is 3.49. The maximum atomic E-state index is 13.2. The third-order valence-electron chi connectivity index (χ3n) is 5.63. The van der Waals surface area contributed by atoms with Crippen LogP contribution in [0.1, 0.15) is 30.1 Å². The molecule has 8 nitrogen and oxygen atoms in total. The van der Waals surface area contributed by atoms with Crippen LogP contribution >= 0.6 is 0 Å². The molecule has 2 aliphatic heterocycles. The SMILES string of the molecule is COC1=CC(=O)OC1C(OC(=O)[C@@H]1CCCN1C(=O)OCc1ccccc1)c1ccccc1. The molecule has 1 amide bonds. The van der Waals surface area contributed by atoms with Crippen molar-refractivity contribution in [3.8, 4) is 0 Å². The second-order valence-electron chi connectivity index (χ2n) is 7.77. The Morgan fingerprint density at radius 2 is 1.79 bits per heavy atom. The van der Waals surface area contributed by atoms with Gasteiger partial charge in [0.25, 0.3) is 0 Å². The molecule has 33 heavy (non-hydrogen) atoms.